The predicted octanol–water partition coefficient (Wildman–Crippen LogP) is 2.75. The topological polar surface area (TPSA) is 54.9 Å². The number of nitrogens with zero attached hydrogens (tertiary/aromatic N) is 3. The van der Waals surface area contributed by atoms with Gasteiger partial charge < -0.3 is 13.7 Å². The average molecular weight is 345 g/mol. The minimum Gasteiger partial charge on any atom is -0.472 e. The molecule has 0 atom stereocenters. The number of piperidine rings is 1. The van der Waals surface area contributed by atoms with Crippen LogP contribution in [0.2, 0.25) is 0 Å². The number of morpholine rings is 1. The Balaban J connectivity index is 1.34. The summed E-state index contributed by atoms with van der Waals surface area (Å²) in [5, 5.41) is 4.07. The number of likely N-dealkylation sites (tertiary alicyclic amines) is 1. The highest BCUT2D eigenvalue weighted by molar-refractivity contribution is 5.20. The van der Waals surface area contributed by atoms with Gasteiger partial charge in [0.1, 0.15) is 5.76 Å². The Morgan fingerprint density at radius 3 is 2.64 bits per heavy atom. The van der Waals surface area contributed by atoms with Gasteiger partial charge >= 0.3 is 0 Å². The lowest BCUT2D eigenvalue weighted by Gasteiger charge is -2.47. The molecule has 0 bridgehead atoms. The highest BCUT2D eigenvalue weighted by Gasteiger charge is 2.39. The number of hydrogen-bond donors (Lipinski definition) is 0. The summed E-state index contributed by atoms with van der Waals surface area (Å²) in [5.41, 5.74) is 3.50. The van der Waals surface area contributed by atoms with Gasteiger partial charge in [-0.2, -0.15) is 0 Å². The van der Waals surface area contributed by atoms with E-state index < -0.39 is 0 Å². The van der Waals surface area contributed by atoms with Gasteiger partial charge in [0.2, 0.25) is 0 Å². The highest BCUT2D eigenvalue weighted by Crippen LogP contribution is 2.31. The van der Waals surface area contributed by atoms with E-state index in [-0.39, 0.29) is 5.60 Å². The van der Waals surface area contributed by atoms with Crippen LogP contribution in [-0.4, -0.2) is 53.3 Å². The van der Waals surface area contributed by atoms with E-state index in [0.717, 1.165) is 70.2 Å². The quantitative estimate of drug-likeness (QED) is 0.849. The normalized spacial score (nSPS) is 21.8. The molecule has 0 aromatic carbocycles. The molecule has 2 aliphatic heterocycles. The Labute approximate surface area is 148 Å². The van der Waals surface area contributed by atoms with Gasteiger partial charge in [-0.3, -0.25) is 9.80 Å². The summed E-state index contributed by atoms with van der Waals surface area (Å²) in [6, 6.07) is 2.05. The predicted molar refractivity (Wildman–Crippen MR) is 93.2 cm³/mol. The van der Waals surface area contributed by atoms with Crippen LogP contribution in [0.25, 0.3) is 0 Å². The van der Waals surface area contributed by atoms with Crippen LogP contribution in [0.15, 0.2) is 27.5 Å². The number of aromatic nitrogens is 1. The zero-order valence-corrected chi connectivity index (χ0v) is 15.2. The van der Waals surface area contributed by atoms with Gasteiger partial charge in [-0.1, -0.05) is 5.16 Å². The smallest absolute Gasteiger partial charge is 0.138 e. The van der Waals surface area contributed by atoms with Crippen LogP contribution in [0, 0.1) is 13.8 Å². The second-order valence-electron chi connectivity index (χ2n) is 7.45. The van der Waals surface area contributed by atoms with Crippen LogP contribution in [0.3, 0.4) is 0 Å². The molecule has 0 unspecified atom stereocenters. The molecule has 4 heterocycles. The van der Waals surface area contributed by atoms with E-state index in [1.54, 1.807) is 6.26 Å². The maximum Gasteiger partial charge on any atom is 0.138 e. The Bertz CT molecular complexity index is 667. The molecule has 2 aromatic heterocycles. The second-order valence-corrected chi connectivity index (χ2v) is 7.45. The summed E-state index contributed by atoms with van der Waals surface area (Å²) in [6.07, 6.45) is 5.75. The van der Waals surface area contributed by atoms with Crippen molar-refractivity contribution < 1.29 is 13.7 Å². The Morgan fingerprint density at radius 1 is 1.12 bits per heavy atom. The lowest BCUT2D eigenvalue weighted by Crippen LogP contribution is -2.56. The highest BCUT2D eigenvalue weighted by atomic mass is 16.5. The van der Waals surface area contributed by atoms with Crippen LogP contribution in [0.1, 0.15) is 35.4 Å². The maximum atomic E-state index is 6.26. The largest absolute Gasteiger partial charge is 0.472 e. The van der Waals surface area contributed by atoms with E-state index in [0.29, 0.717) is 0 Å². The van der Waals surface area contributed by atoms with Crippen LogP contribution in [0.4, 0.5) is 0 Å². The summed E-state index contributed by atoms with van der Waals surface area (Å²) < 4.78 is 16.8. The Hall–Kier alpha value is -1.63. The van der Waals surface area contributed by atoms with Crippen LogP contribution in [0.5, 0.6) is 0 Å². The van der Waals surface area contributed by atoms with E-state index in [1.807, 2.05) is 26.2 Å². The molecule has 25 heavy (non-hydrogen) atoms. The van der Waals surface area contributed by atoms with Crippen molar-refractivity contribution in [1.82, 2.24) is 15.0 Å². The molecule has 0 saturated carbocycles. The zero-order chi connectivity index (χ0) is 17.3. The fourth-order valence-corrected chi connectivity index (χ4v) is 4.07. The van der Waals surface area contributed by atoms with Crippen molar-refractivity contribution in [1.29, 1.82) is 0 Å². The molecule has 2 saturated heterocycles. The lowest BCUT2D eigenvalue weighted by molar-refractivity contribution is -0.138. The van der Waals surface area contributed by atoms with Crippen molar-refractivity contribution in [3.8, 4) is 0 Å². The first-order chi connectivity index (χ1) is 12.1. The SMILES string of the molecule is Cc1noc(C)c1CN1CCC2(CC1)CN(Cc1ccoc1)CCO2. The monoisotopic (exact) mass is 345 g/mol. The minimum atomic E-state index is 0.0111. The summed E-state index contributed by atoms with van der Waals surface area (Å²) in [6.45, 7) is 10.8. The fraction of sp³-hybridized carbons (Fsp3) is 0.632. The summed E-state index contributed by atoms with van der Waals surface area (Å²) in [5.74, 6) is 0.943. The van der Waals surface area contributed by atoms with Crippen molar-refractivity contribution in [2.75, 3.05) is 32.8 Å². The third-order valence-electron chi connectivity index (χ3n) is 5.64. The first kappa shape index (κ1) is 16.8. The van der Waals surface area contributed by atoms with E-state index in [4.69, 9.17) is 13.7 Å². The molecule has 2 fully saturated rings. The van der Waals surface area contributed by atoms with Gasteiger partial charge in [-0.05, 0) is 32.8 Å². The molecule has 0 radical (unpaired) electrons. The van der Waals surface area contributed by atoms with Crippen molar-refractivity contribution in [2.45, 2.75) is 45.4 Å². The maximum absolute atomic E-state index is 6.26. The number of ether oxygens (including phenoxy) is 1. The Morgan fingerprint density at radius 2 is 1.96 bits per heavy atom. The molecular formula is C19H27N3O3. The van der Waals surface area contributed by atoms with E-state index in [9.17, 15) is 0 Å². The molecule has 2 aromatic rings. The molecule has 1 spiro atoms. The summed E-state index contributed by atoms with van der Waals surface area (Å²) in [7, 11) is 0. The zero-order valence-electron chi connectivity index (χ0n) is 15.2. The van der Waals surface area contributed by atoms with Gasteiger partial charge in [-0.25, -0.2) is 0 Å². The molecule has 0 aliphatic carbocycles. The third kappa shape index (κ3) is 3.66. The van der Waals surface area contributed by atoms with Crippen molar-refractivity contribution in [3.05, 3.63) is 41.2 Å². The fourth-order valence-electron chi connectivity index (χ4n) is 4.07. The number of rotatable bonds is 4. The van der Waals surface area contributed by atoms with Crippen molar-refractivity contribution in [2.24, 2.45) is 0 Å². The minimum absolute atomic E-state index is 0.0111. The van der Waals surface area contributed by atoms with Gasteiger partial charge in [0, 0.05) is 50.4 Å². The molecule has 2 aliphatic rings. The van der Waals surface area contributed by atoms with Crippen LogP contribution < -0.4 is 0 Å². The van der Waals surface area contributed by atoms with E-state index in [1.165, 1.54) is 11.1 Å². The lowest BCUT2D eigenvalue weighted by atomic mass is 9.89. The number of hydrogen-bond acceptors (Lipinski definition) is 6. The average Bonchev–Trinajstić information content (AvgIpc) is 3.22. The molecule has 0 amide bonds. The van der Waals surface area contributed by atoms with Gasteiger partial charge in [-0.15, -0.1) is 0 Å². The second kappa shape index (κ2) is 6.94. The van der Waals surface area contributed by atoms with Crippen molar-refractivity contribution >= 4 is 0 Å². The standard InChI is InChI=1S/C19H27N3O3/c1-15-18(16(2)25-20-15)12-21-6-4-19(5-7-21)14-22(8-10-24-19)11-17-3-9-23-13-17/h3,9,13H,4-8,10-12,14H2,1-2H3. The first-order valence-corrected chi connectivity index (χ1v) is 9.15. The Kier molecular flexibility index (Phi) is 4.67. The molecule has 6 nitrogen and oxygen atoms in total. The summed E-state index contributed by atoms with van der Waals surface area (Å²) in [4.78, 5) is 4.99. The third-order valence-corrected chi connectivity index (χ3v) is 5.64. The molecule has 136 valence electrons. The number of aryl methyl sites for hydroxylation is 2. The van der Waals surface area contributed by atoms with E-state index >= 15 is 0 Å². The molecule has 6 heteroatoms. The molecule has 0 N–H and O–H groups in total. The van der Waals surface area contributed by atoms with Gasteiger partial charge in [0.05, 0.1) is 30.4 Å². The number of furan rings is 1. The van der Waals surface area contributed by atoms with Gasteiger partial charge in [0.15, 0.2) is 0 Å². The molecular weight excluding hydrogens is 318 g/mol. The molecule has 4 rings (SSSR count). The van der Waals surface area contributed by atoms with Crippen LogP contribution in [-0.2, 0) is 17.8 Å². The van der Waals surface area contributed by atoms with Crippen LogP contribution >= 0.6 is 0 Å². The summed E-state index contributed by atoms with van der Waals surface area (Å²) >= 11 is 0. The van der Waals surface area contributed by atoms with E-state index in [2.05, 4.69) is 15.0 Å². The first-order valence-electron chi connectivity index (χ1n) is 9.15. The van der Waals surface area contributed by atoms with Crippen molar-refractivity contribution in [3.63, 3.8) is 0 Å². The van der Waals surface area contributed by atoms with Gasteiger partial charge in [0.25, 0.3) is 0 Å².